The van der Waals surface area contributed by atoms with E-state index >= 15 is 0 Å². The van der Waals surface area contributed by atoms with E-state index in [1.807, 2.05) is 13.8 Å². The van der Waals surface area contributed by atoms with E-state index in [2.05, 4.69) is 36.0 Å². The number of aromatic nitrogens is 3. The molecule has 42 heavy (non-hydrogen) atoms. The van der Waals surface area contributed by atoms with Crippen LogP contribution in [0.2, 0.25) is 0 Å². The molecule has 1 aliphatic carbocycles. The number of ether oxygens (including phenoxy) is 2. The van der Waals surface area contributed by atoms with Gasteiger partial charge in [-0.05, 0) is 38.8 Å². The first kappa shape index (κ1) is 29.7. The fourth-order valence-corrected chi connectivity index (χ4v) is 4.86. The highest BCUT2D eigenvalue weighted by Gasteiger charge is 2.30. The summed E-state index contributed by atoms with van der Waals surface area (Å²) in [5, 5.41) is 10.5. The molecule has 15 heteroatoms. The van der Waals surface area contributed by atoms with Crippen LogP contribution in [0.25, 0.3) is 11.5 Å². The standard InChI is InChI=1S/C27H30B3N7O5/c1-14-11-37(12-15(2)41-14)13-22-34-26(42-36-22)17-5-4-6-19(23(17)40-3)32-20-9-21(33-24(38)16-7-8-16)31-10-18(20)25(39)35-27(28,29)30/h4-6,9-10,14-16H,7-8,11-13H2,1-3H3,(H,35,39)(H2,31,32,33,38)/t14-,15+. The van der Waals surface area contributed by atoms with Crippen molar-refractivity contribution in [3.05, 3.63) is 41.9 Å². The summed E-state index contributed by atoms with van der Waals surface area (Å²) >= 11 is 0. The van der Waals surface area contributed by atoms with Gasteiger partial charge in [0.25, 0.3) is 11.8 Å². The Labute approximate surface area is 247 Å². The Morgan fingerprint density at radius 3 is 2.55 bits per heavy atom. The highest BCUT2D eigenvalue weighted by atomic mass is 16.5. The average Bonchev–Trinajstić information content (AvgIpc) is 3.66. The number of hydrogen-bond acceptors (Lipinski definition) is 10. The molecule has 0 unspecified atom stereocenters. The summed E-state index contributed by atoms with van der Waals surface area (Å²) in [5.41, 5.74) is 1.38. The second-order valence-electron chi connectivity index (χ2n) is 10.7. The Balaban J connectivity index is 1.42. The topological polar surface area (TPSA) is 144 Å². The van der Waals surface area contributed by atoms with Crippen molar-refractivity contribution >= 4 is 52.5 Å². The predicted octanol–water partition coefficient (Wildman–Crippen LogP) is 1.69. The van der Waals surface area contributed by atoms with Crippen molar-refractivity contribution in [1.82, 2.24) is 25.3 Å². The third-order valence-corrected chi connectivity index (χ3v) is 6.73. The molecular weight excluding hydrogens is 535 g/mol. The minimum absolute atomic E-state index is 0.0374. The van der Waals surface area contributed by atoms with Crippen LogP contribution in [-0.2, 0) is 16.1 Å². The Kier molecular flexibility index (Phi) is 8.60. The van der Waals surface area contributed by atoms with E-state index in [0.29, 0.717) is 29.4 Å². The summed E-state index contributed by atoms with van der Waals surface area (Å²) in [7, 11) is 18.3. The van der Waals surface area contributed by atoms with Gasteiger partial charge in [0.2, 0.25) is 5.91 Å². The van der Waals surface area contributed by atoms with Gasteiger partial charge in [-0.25, -0.2) is 4.98 Å². The Morgan fingerprint density at radius 2 is 1.88 bits per heavy atom. The van der Waals surface area contributed by atoms with E-state index in [-0.39, 0.29) is 47.0 Å². The lowest BCUT2D eigenvalue weighted by Crippen LogP contribution is -2.50. The first-order chi connectivity index (χ1) is 20.0. The maximum Gasteiger partial charge on any atom is 0.261 e. The molecule has 3 heterocycles. The van der Waals surface area contributed by atoms with Crippen LogP contribution in [0.4, 0.5) is 17.2 Å². The molecule has 3 aromatic rings. The van der Waals surface area contributed by atoms with Crippen molar-refractivity contribution in [3.63, 3.8) is 0 Å². The van der Waals surface area contributed by atoms with E-state index in [4.69, 9.17) is 37.5 Å². The van der Waals surface area contributed by atoms with Gasteiger partial charge in [0, 0.05) is 31.3 Å². The van der Waals surface area contributed by atoms with Gasteiger partial charge in [-0.3, -0.25) is 14.5 Å². The van der Waals surface area contributed by atoms with Gasteiger partial charge in [0.1, 0.15) is 5.82 Å². The molecule has 2 aliphatic rings. The van der Waals surface area contributed by atoms with Crippen molar-refractivity contribution in [1.29, 1.82) is 0 Å². The predicted molar refractivity (Wildman–Crippen MR) is 158 cm³/mol. The Bertz CT molecular complexity index is 1450. The minimum Gasteiger partial charge on any atom is -0.494 e. The van der Waals surface area contributed by atoms with Crippen LogP contribution in [0.1, 0.15) is 42.9 Å². The molecule has 2 amide bonds. The lowest BCUT2D eigenvalue weighted by Gasteiger charge is -2.34. The number of morpholine rings is 1. The molecule has 2 aromatic heterocycles. The molecule has 0 bridgehead atoms. The normalized spacial score (nSPS) is 19.2. The summed E-state index contributed by atoms with van der Waals surface area (Å²) in [6.07, 6.45) is 3.17. The maximum atomic E-state index is 13.0. The van der Waals surface area contributed by atoms with Gasteiger partial charge < -0.3 is 29.9 Å². The Morgan fingerprint density at radius 1 is 1.14 bits per heavy atom. The van der Waals surface area contributed by atoms with E-state index in [1.165, 1.54) is 19.4 Å². The molecule has 6 radical (unpaired) electrons. The van der Waals surface area contributed by atoms with Crippen molar-refractivity contribution in [3.8, 4) is 17.2 Å². The lowest BCUT2D eigenvalue weighted by atomic mass is 9.49. The van der Waals surface area contributed by atoms with Crippen molar-refractivity contribution < 1.29 is 23.6 Å². The number of pyridine rings is 1. The summed E-state index contributed by atoms with van der Waals surface area (Å²) in [6.45, 7) is 6.11. The quantitative estimate of drug-likeness (QED) is 0.311. The van der Waals surface area contributed by atoms with E-state index < -0.39 is 11.1 Å². The molecule has 1 saturated carbocycles. The fraction of sp³-hybridized carbons (Fsp3) is 0.444. The van der Waals surface area contributed by atoms with Crippen LogP contribution in [0.3, 0.4) is 0 Å². The van der Waals surface area contributed by atoms with Crippen molar-refractivity contribution in [2.75, 3.05) is 30.8 Å². The molecule has 2 atom stereocenters. The first-order valence-corrected chi connectivity index (χ1v) is 13.6. The number of hydrogen-bond donors (Lipinski definition) is 3. The molecule has 5 rings (SSSR count). The zero-order valence-electron chi connectivity index (χ0n) is 23.7. The number of carbonyl (C=O) groups is 2. The summed E-state index contributed by atoms with van der Waals surface area (Å²) < 4.78 is 17.2. The van der Waals surface area contributed by atoms with Gasteiger partial charge in [-0.2, -0.15) is 4.98 Å². The van der Waals surface area contributed by atoms with Crippen LogP contribution in [0.15, 0.2) is 35.0 Å². The molecule has 0 spiro atoms. The average molecular weight is 565 g/mol. The van der Waals surface area contributed by atoms with Crippen LogP contribution in [0.5, 0.6) is 5.75 Å². The first-order valence-electron chi connectivity index (χ1n) is 13.6. The number of amides is 2. The largest absolute Gasteiger partial charge is 0.494 e. The Hall–Kier alpha value is -3.84. The van der Waals surface area contributed by atoms with E-state index in [1.54, 1.807) is 18.2 Å². The van der Waals surface area contributed by atoms with Crippen molar-refractivity contribution in [2.24, 2.45) is 5.92 Å². The molecule has 1 aromatic carbocycles. The van der Waals surface area contributed by atoms with Gasteiger partial charge in [-0.1, -0.05) is 16.5 Å². The van der Waals surface area contributed by atoms with Crippen molar-refractivity contribution in [2.45, 2.75) is 50.7 Å². The number of para-hydroxylation sites is 1. The lowest BCUT2D eigenvalue weighted by molar-refractivity contribution is -0.117. The second-order valence-corrected chi connectivity index (χ2v) is 10.7. The number of anilines is 3. The summed E-state index contributed by atoms with van der Waals surface area (Å²) in [5.74, 6) is 0.593. The maximum absolute atomic E-state index is 13.0. The third kappa shape index (κ3) is 7.32. The number of benzene rings is 1. The van der Waals surface area contributed by atoms with Gasteiger partial charge in [0.15, 0.2) is 11.6 Å². The summed E-state index contributed by atoms with van der Waals surface area (Å²) in [6, 6.07) is 6.84. The monoisotopic (exact) mass is 565 g/mol. The molecule has 212 valence electrons. The smallest absolute Gasteiger partial charge is 0.261 e. The van der Waals surface area contributed by atoms with E-state index in [0.717, 1.165) is 25.9 Å². The van der Waals surface area contributed by atoms with Crippen LogP contribution in [0, 0.1) is 5.92 Å². The minimum atomic E-state index is -1.96. The van der Waals surface area contributed by atoms with Gasteiger partial charge >= 0.3 is 0 Å². The van der Waals surface area contributed by atoms with E-state index in [9.17, 15) is 9.59 Å². The molecular formula is C27H30B3N7O5. The SMILES string of the molecule is [B]C([B])([B])NC(=O)c1cnc(NC(=O)C2CC2)cc1Nc1cccc(-c2nc(CN3C[C@@H](C)O[C@@H](C)C3)no2)c1OC. The van der Waals surface area contributed by atoms with Gasteiger partial charge in [-0.15, -0.1) is 0 Å². The highest BCUT2D eigenvalue weighted by molar-refractivity contribution is 6.60. The van der Waals surface area contributed by atoms with Gasteiger partial charge in [0.05, 0.1) is 71.9 Å². The molecule has 1 saturated heterocycles. The second kappa shape index (κ2) is 12.2. The number of carbonyl (C=O) groups excluding carboxylic acids is 2. The van der Waals surface area contributed by atoms with Crippen LogP contribution < -0.4 is 20.7 Å². The number of nitrogens with one attached hydrogen (secondary N) is 3. The fourth-order valence-electron chi connectivity index (χ4n) is 4.86. The third-order valence-electron chi connectivity index (χ3n) is 6.73. The van der Waals surface area contributed by atoms with Crippen LogP contribution >= 0.6 is 0 Å². The zero-order chi connectivity index (χ0) is 30.0. The molecule has 3 N–H and O–H groups in total. The molecule has 1 aliphatic heterocycles. The molecule has 2 fully saturated rings. The van der Waals surface area contributed by atoms with Crippen LogP contribution in [-0.4, -0.2) is 93.0 Å². The number of nitrogens with zero attached hydrogens (tertiary/aromatic N) is 4. The highest BCUT2D eigenvalue weighted by Crippen LogP contribution is 2.38. The number of rotatable bonds is 10. The zero-order valence-corrected chi connectivity index (χ0v) is 23.7. The summed E-state index contributed by atoms with van der Waals surface area (Å²) in [4.78, 5) is 36.4. The molecule has 12 nitrogen and oxygen atoms in total. The number of methoxy groups -OCH3 is 1.